The number of hydrogen-bond acceptors (Lipinski definition) is 3. The summed E-state index contributed by atoms with van der Waals surface area (Å²) in [5, 5.41) is 3.15. The first-order valence-corrected chi connectivity index (χ1v) is 7.24. The average molecular weight is 289 g/mol. The summed E-state index contributed by atoms with van der Waals surface area (Å²) < 4.78 is 5.41. The normalized spacial score (nSPS) is 18.5. The molecule has 0 spiro atoms. The lowest BCUT2D eigenvalue weighted by molar-refractivity contribution is 0.0385. The Morgan fingerprint density at radius 3 is 2.62 bits per heavy atom. The van der Waals surface area contributed by atoms with E-state index >= 15 is 0 Å². The minimum absolute atomic E-state index is 0.0169. The first-order chi connectivity index (χ1) is 9.87. The third-order valence-corrected chi connectivity index (χ3v) is 3.09. The van der Waals surface area contributed by atoms with Gasteiger partial charge in [0.25, 0.3) is 0 Å². The number of guanidine groups is 1. The van der Waals surface area contributed by atoms with E-state index in [4.69, 9.17) is 4.74 Å². The van der Waals surface area contributed by atoms with Crippen LogP contribution in [0.4, 0.5) is 4.79 Å². The third kappa shape index (κ3) is 4.21. The summed E-state index contributed by atoms with van der Waals surface area (Å²) in [5.74, 6) is 0.584. The van der Waals surface area contributed by atoms with Crippen LogP contribution in [0.5, 0.6) is 0 Å². The second-order valence-electron chi connectivity index (χ2n) is 6.10. The summed E-state index contributed by atoms with van der Waals surface area (Å²) in [4.78, 5) is 18.3. The number of rotatable bonds is 2. The predicted molar refractivity (Wildman–Crippen MR) is 83.2 cm³/mol. The van der Waals surface area contributed by atoms with Gasteiger partial charge in [-0.3, -0.25) is 0 Å². The largest absolute Gasteiger partial charge is 0.443 e. The van der Waals surface area contributed by atoms with Crippen molar-refractivity contribution in [2.75, 3.05) is 13.1 Å². The minimum Gasteiger partial charge on any atom is -0.443 e. The number of aliphatic imine (C=N–C) groups is 1. The first kappa shape index (κ1) is 15.4. The zero-order chi connectivity index (χ0) is 15.5. The molecule has 1 amide bonds. The molecular weight excluding hydrogens is 266 g/mol. The van der Waals surface area contributed by atoms with Crippen LogP contribution < -0.4 is 5.32 Å². The summed E-state index contributed by atoms with van der Waals surface area (Å²) in [5.41, 5.74) is 0.610. The van der Waals surface area contributed by atoms with Crippen LogP contribution in [0, 0.1) is 0 Å². The summed E-state index contributed by atoms with van der Waals surface area (Å²) in [6, 6.07) is 9.99. The topological polar surface area (TPSA) is 53.9 Å². The standard InChI is InChI=1S/C16H23N3O2/c1-12(13-8-6-5-7-9-13)18-14-17-10-11-19(14)15(20)21-16(2,3)4/h5-9,12H,10-11H2,1-4H3,(H,17,18)/t12-/m0/s1. The van der Waals surface area contributed by atoms with Crippen molar-refractivity contribution in [1.82, 2.24) is 10.2 Å². The van der Waals surface area contributed by atoms with Gasteiger partial charge in [-0.2, -0.15) is 0 Å². The number of nitrogens with zero attached hydrogens (tertiary/aromatic N) is 2. The number of carbonyl (C=O) groups is 1. The molecule has 1 atom stereocenters. The second-order valence-corrected chi connectivity index (χ2v) is 6.10. The highest BCUT2D eigenvalue weighted by molar-refractivity contribution is 5.95. The molecule has 1 N–H and O–H groups in total. The summed E-state index contributed by atoms with van der Waals surface area (Å²) in [6.45, 7) is 8.86. The Morgan fingerprint density at radius 1 is 1.33 bits per heavy atom. The molecule has 5 nitrogen and oxygen atoms in total. The fourth-order valence-corrected chi connectivity index (χ4v) is 2.08. The summed E-state index contributed by atoms with van der Waals surface area (Å²) in [6.07, 6.45) is -0.355. The zero-order valence-electron chi connectivity index (χ0n) is 13.1. The van der Waals surface area contributed by atoms with Gasteiger partial charge in [-0.15, -0.1) is 0 Å². The van der Waals surface area contributed by atoms with E-state index in [2.05, 4.69) is 10.3 Å². The number of benzene rings is 1. The minimum atomic E-state index is -0.504. The van der Waals surface area contributed by atoms with Crippen LogP contribution in [-0.4, -0.2) is 35.6 Å². The van der Waals surface area contributed by atoms with Crippen LogP contribution in [0.15, 0.2) is 35.3 Å². The number of carbonyl (C=O) groups excluding carboxylic acids is 1. The average Bonchev–Trinajstić information content (AvgIpc) is 2.86. The quantitative estimate of drug-likeness (QED) is 0.910. The Bertz CT molecular complexity index is 520. The Morgan fingerprint density at radius 2 is 2.00 bits per heavy atom. The number of nitrogens with one attached hydrogen (secondary N) is 1. The van der Waals surface area contributed by atoms with Gasteiger partial charge in [0.2, 0.25) is 5.96 Å². The maximum absolute atomic E-state index is 12.2. The van der Waals surface area contributed by atoms with E-state index in [0.717, 1.165) is 5.56 Å². The van der Waals surface area contributed by atoms with Gasteiger partial charge in [-0.05, 0) is 33.3 Å². The van der Waals surface area contributed by atoms with Crippen molar-refractivity contribution in [2.45, 2.75) is 39.3 Å². The van der Waals surface area contributed by atoms with Crippen LogP contribution in [0.2, 0.25) is 0 Å². The Kier molecular flexibility index (Phi) is 4.50. The van der Waals surface area contributed by atoms with Gasteiger partial charge >= 0.3 is 6.09 Å². The van der Waals surface area contributed by atoms with E-state index in [9.17, 15) is 4.79 Å². The van der Waals surface area contributed by atoms with Crippen molar-refractivity contribution >= 4 is 12.1 Å². The van der Waals surface area contributed by atoms with Crippen molar-refractivity contribution < 1.29 is 9.53 Å². The number of hydrogen-bond donors (Lipinski definition) is 1. The van der Waals surface area contributed by atoms with E-state index in [1.54, 1.807) is 4.90 Å². The van der Waals surface area contributed by atoms with Gasteiger partial charge in [0.15, 0.2) is 0 Å². The molecule has 5 heteroatoms. The van der Waals surface area contributed by atoms with E-state index < -0.39 is 5.60 Å². The van der Waals surface area contributed by atoms with Crippen molar-refractivity contribution in [1.29, 1.82) is 0 Å². The van der Waals surface area contributed by atoms with E-state index in [1.807, 2.05) is 58.0 Å². The fraction of sp³-hybridized carbons (Fsp3) is 0.500. The molecule has 1 fully saturated rings. The molecule has 1 aromatic rings. The molecule has 1 saturated heterocycles. The van der Waals surface area contributed by atoms with Crippen molar-refractivity contribution in [3.05, 3.63) is 35.9 Å². The number of ether oxygens (including phenoxy) is 1. The molecule has 0 saturated carbocycles. The van der Waals surface area contributed by atoms with Gasteiger partial charge in [-0.1, -0.05) is 30.3 Å². The molecule has 0 aromatic heterocycles. The summed E-state index contributed by atoms with van der Waals surface area (Å²) >= 11 is 0. The lowest BCUT2D eigenvalue weighted by Gasteiger charge is -2.24. The van der Waals surface area contributed by atoms with E-state index in [-0.39, 0.29) is 12.1 Å². The predicted octanol–water partition coefficient (Wildman–Crippen LogP) is 2.94. The molecule has 1 heterocycles. The van der Waals surface area contributed by atoms with Crippen molar-refractivity contribution in [2.24, 2.45) is 4.99 Å². The highest BCUT2D eigenvalue weighted by atomic mass is 16.6. The monoisotopic (exact) mass is 289 g/mol. The smallest absolute Gasteiger partial charge is 0.417 e. The number of amides is 1. The summed E-state index contributed by atoms with van der Waals surface area (Å²) in [7, 11) is 0. The first-order valence-electron chi connectivity index (χ1n) is 7.24. The zero-order valence-corrected chi connectivity index (χ0v) is 13.1. The van der Waals surface area contributed by atoms with Gasteiger partial charge in [-0.25, -0.2) is 14.7 Å². The van der Waals surface area contributed by atoms with Crippen LogP contribution in [0.3, 0.4) is 0 Å². The molecule has 0 unspecified atom stereocenters. The van der Waals surface area contributed by atoms with Gasteiger partial charge in [0, 0.05) is 13.1 Å². The van der Waals surface area contributed by atoms with Gasteiger partial charge in [0.1, 0.15) is 5.60 Å². The molecule has 114 valence electrons. The molecule has 1 aromatic carbocycles. The molecule has 1 aliphatic heterocycles. The van der Waals surface area contributed by atoms with E-state index in [1.165, 1.54) is 0 Å². The van der Waals surface area contributed by atoms with Crippen LogP contribution >= 0.6 is 0 Å². The van der Waals surface area contributed by atoms with Gasteiger partial charge < -0.3 is 10.1 Å². The maximum Gasteiger partial charge on any atom is 0.417 e. The lowest BCUT2D eigenvalue weighted by atomic mass is 10.1. The van der Waals surface area contributed by atoms with Crippen LogP contribution in [-0.2, 0) is 4.74 Å². The Balaban J connectivity index is 2.11. The molecule has 0 aliphatic carbocycles. The van der Waals surface area contributed by atoms with Crippen LogP contribution in [0.1, 0.15) is 39.3 Å². The highest BCUT2D eigenvalue weighted by Crippen LogP contribution is 2.18. The third-order valence-electron chi connectivity index (χ3n) is 3.09. The molecule has 0 bridgehead atoms. The van der Waals surface area contributed by atoms with Crippen molar-refractivity contribution in [3.8, 4) is 0 Å². The molecular formula is C16H23N3O2. The Hall–Kier alpha value is -2.04. The lowest BCUT2D eigenvalue weighted by Crippen LogP contribution is -2.40. The van der Waals surface area contributed by atoms with E-state index in [0.29, 0.717) is 19.0 Å². The van der Waals surface area contributed by atoms with Gasteiger partial charge in [0.05, 0.1) is 6.04 Å². The molecule has 1 aliphatic rings. The second kappa shape index (κ2) is 6.16. The van der Waals surface area contributed by atoms with Crippen LogP contribution in [0.25, 0.3) is 0 Å². The molecule has 21 heavy (non-hydrogen) atoms. The Labute approximate surface area is 126 Å². The highest BCUT2D eigenvalue weighted by Gasteiger charge is 2.29. The molecule has 0 radical (unpaired) electrons. The fourth-order valence-electron chi connectivity index (χ4n) is 2.08. The SMILES string of the molecule is C[C@H](N=C1NCCN1C(=O)OC(C)(C)C)c1ccccc1. The van der Waals surface area contributed by atoms with Crippen molar-refractivity contribution in [3.63, 3.8) is 0 Å². The maximum atomic E-state index is 12.2. The molecule has 2 rings (SSSR count).